The van der Waals surface area contributed by atoms with Crippen molar-refractivity contribution in [2.24, 2.45) is 0 Å². The van der Waals surface area contributed by atoms with Crippen molar-refractivity contribution in [3.05, 3.63) is 63.5 Å². The molecule has 1 aromatic heterocycles. The van der Waals surface area contributed by atoms with E-state index in [1.165, 1.54) is 11.1 Å². The van der Waals surface area contributed by atoms with Gasteiger partial charge in [-0.15, -0.1) is 0 Å². The second kappa shape index (κ2) is 8.39. The highest BCUT2D eigenvalue weighted by Crippen LogP contribution is 2.30. The van der Waals surface area contributed by atoms with Crippen LogP contribution in [0.3, 0.4) is 0 Å². The number of benzene rings is 1. The van der Waals surface area contributed by atoms with Crippen molar-refractivity contribution in [3.63, 3.8) is 0 Å². The summed E-state index contributed by atoms with van der Waals surface area (Å²) < 4.78 is 11.2. The Morgan fingerprint density at radius 3 is 2.50 bits per heavy atom. The third kappa shape index (κ3) is 5.62. The zero-order valence-corrected chi connectivity index (χ0v) is 16.8. The van der Waals surface area contributed by atoms with Crippen LogP contribution >= 0.6 is 0 Å². The smallest absolute Gasteiger partial charge is 0.336 e. The molecule has 0 bridgehead atoms. The van der Waals surface area contributed by atoms with Crippen molar-refractivity contribution in [1.82, 2.24) is 0 Å². The van der Waals surface area contributed by atoms with E-state index in [1.807, 2.05) is 12.1 Å². The van der Waals surface area contributed by atoms with E-state index in [1.54, 1.807) is 12.1 Å². The van der Waals surface area contributed by atoms with Gasteiger partial charge in [-0.3, -0.25) is 0 Å². The van der Waals surface area contributed by atoms with Crippen LogP contribution in [0.15, 0.2) is 56.8 Å². The molecule has 2 rings (SSSR count). The van der Waals surface area contributed by atoms with Crippen molar-refractivity contribution in [2.75, 3.05) is 6.61 Å². The molecule has 1 heterocycles. The molecule has 0 aliphatic rings. The van der Waals surface area contributed by atoms with Gasteiger partial charge in [0.25, 0.3) is 0 Å². The predicted molar refractivity (Wildman–Crippen MR) is 109 cm³/mol. The van der Waals surface area contributed by atoms with Crippen LogP contribution < -0.4 is 10.4 Å². The minimum Gasteiger partial charge on any atom is -0.489 e. The first-order valence-electron chi connectivity index (χ1n) is 9.17. The summed E-state index contributed by atoms with van der Waals surface area (Å²) in [6.07, 6.45) is 6.44. The molecule has 0 radical (unpaired) electrons. The van der Waals surface area contributed by atoms with Crippen LogP contribution in [0, 0.1) is 0 Å². The molecule has 0 saturated heterocycles. The summed E-state index contributed by atoms with van der Waals surface area (Å²) in [6.45, 7) is 13.1. The lowest BCUT2D eigenvalue weighted by atomic mass is 9.85. The normalized spacial score (nSPS) is 12.3. The van der Waals surface area contributed by atoms with Crippen LogP contribution in [0.25, 0.3) is 11.0 Å². The fraction of sp³-hybridized carbons (Fsp3) is 0.435. The minimum absolute atomic E-state index is 0.123. The number of hydrogen-bond donors (Lipinski definition) is 0. The minimum atomic E-state index is -0.324. The van der Waals surface area contributed by atoms with E-state index in [-0.39, 0.29) is 11.0 Å². The van der Waals surface area contributed by atoms with Gasteiger partial charge >= 0.3 is 5.63 Å². The van der Waals surface area contributed by atoms with Crippen LogP contribution in [0.4, 0.5) is 0 Å². The molecular formula is C23H30O3. The fourth-order valence-electron chi connectivity index (χ4n) is 2.82. The van der Waals surface area contributed by atoms with Crippen molar-refractivity contribution < 1.29 is 9.15 Å². The summed E-state index contributed by atoms with van der Waals surface area (Å²) in [4.78, 5) is 11.9. The van der Waals surface area contributed by atoms with Crippen LogP contribution in [-0.2, 0) is 5.41 Å². The van der Waals surface area contributed by atoms with E-state index in [2.05, 4.69) is 53.7 Å². The first kappa shape index (κ1) is 20.0. The van der Waals surface area contributed by atoms with Crippen LogP contribution in [0.5, 0.6) is 5.75 Å². The number of allylic oxidation sites excluding steroid dienone is 3. The first-order chi connectivity index (χ1) is 12.2. The van der Waals surface area contributed by atoms with Crippen molar-refractivity contribution in [2.45, 2.75) is 59.8 Å². The molecule has 0 aliphatic heterocycles. The fourth-order valence-corrected chi connectivity index (χ4v) is 2.82. The van der Waals surface area contributed by atoms with Crippen LogP contribution in [0.1, 0.15) is 59.9 Å². The van der Waals surface area contributed by atoms with Gasteiger partial charge in [-0.1, -0.05) is 38.0 Å². The first-order valence-corrected chi connectivity index (χ1v) is 9.17. The maximum Gasteiger partial charge on any atom is 0.336 e. The molecule has 3 heteroatoms. The monoisotopic (exact) mass is 354 g/mol. The maximum absolute atomic E-state index is 11.9. The Morgan fingerprint density at radius 2 is 1.85 bits per heavy atom. The molecule has 140 valence electrons. The number of fused-ring (bicyclic) bond motifs is 1. The van der Waals surface area contributed by atoms with Gasteiger partial charge in [-0.25, -0.2) is 4.79 Å². The average Bonchev–Trinajstić information content (AvgIpc) is 2.52. The SMILES string of the molecule is CC(C)=CCC/C(C)=C\COc1ccc2c(C(C)(C)C)cc(=O)oc2c1. The van der Waals surface area contributed by atoms with E-state index in [4.69, 9.17) is 9.15 Å². The highest BCUT2D eigenvalue weighted by atomic mass is 16.5. The van der Waals surface area contributed by atoms with Gasteiger partial charge in [0.05, 0.1) is 0 Å². The summed E-state index contributed by atoms with van der Waals surface area (Å²) in [5, 5.41) is 0.956. The van der Waals surface area contributed by atoms with Gasteiger partial charge in [0.15, 0.2) is 0 Å². The van der Waals surface area contributed by atoms with Gasteiger partial charge in [-0.05, 0) is 62.8 Å². The Kier molecular flexibility index (Phi) is 6.47. The summed E-state index contributed by atoms with van der Waals surface area (Å²) in [5.74, 6) is 0.708. The lowest BCUT2D eigenvalue weighted by Gasteiger charge is -2.20. The topological polar surface area (TPSA) is 39.4 Å². The lowest BCUT2D eigenvalue weighted by molar-refractivity contribution is 0.361. The predicted octanol–water partition coefficient (Wildman–Crippen LogP) is 6.16. The zero-order valence-electron chi connectivity index (χ0n) is 16.8. The van der Waals surface area contributed by atoms with Crippen molar-refractivity contribution >= 4 is 11.0 Å². The third-order valence-electron chi connectivity index (χ3n) is 4.30. The third-order valence-corrected chi connectivity index (χ3v) is 4.30. The number of rotatable bonds is 6. The molecule has 0 N–H and O–H groups in total. The van der Waals surface area contributed by atoms with E-state index in [0.29, 0.717) is 17.9 Å². The Hall–Kier alpha value is -2.29. The molecule has 0 spiro atoms. The van der Waals surface area contributed by atoms with Crippen molar-refractivity contribution in [3.8, 4) is 5.75 Å². The van der Waals surface area contributed by atoms with E-state index in [0.717, 1.165) is 23.8 Å². The van der Waals surface area contributed by atoms with Crippen LogP contribution in [-0.4, -0.2) is 6.61 Å². The molecular weight excluding hydrogens is 324 g/mol. The lowest BCUT2D eigenvalue weighted by Crippen LogP contribution is -2.15. The van der Waals surface area contributed by atoms with E-state index in [9.17, 15) is 4.79 Å². The largest absolute Gasteiger partial charge is 0.489 e. The molecule has 0 aliphatic carbocycles. The van der Waals surface area contributed by atoms with Gasteiger partial charge in [0.1, 0.15) is 17.9 Å². The number of hydrogen-bond acceptors (Lipinski definition) is 3. The summed E-state index contributed by atoms with van der Waals surface area (Å²) >= 11 is 0. The van der Waals surface area contributed by atoms with Crippen LogP contribution in [0.2, 0.25) is 0 Å². The second-order valence-corrected chi connectivity index (χ2v) is 8.07. The highest BCUT2D eigenvalue weighted by molar-refractivity contribution is 5.82. The molecule has 0 atom stereocenters. The quantitative estimate of drug-likeness (QED) is 0.460. The van der Waals surface area contributed by atoms with Gasteiger partial charge in [-0.2, -0.15) is 0 Å². The van der Waals surface area contributed by atoms with Gasteiger partial charge in [0.2, 0.25) is 0 Å². The molecule has 0 amide bonds. The Labute approximate surface area is 156 Å². The summed E-state index contributed by atoms with van der Waals surface area (Å²) in [7, 11) is 0. The van der Waals surface area contributed by atoms with E-state index >= 15 is 0 Å². The second-order valence-electron chi connectivity index (χ2n) is 8.07. The zero-order chi connectivity index (χ0) is 19.3. The number of ether oxygens (including phenoxy) is 1. The maximum atomic E-state index is 11.9. The molecule has 26 heavy (non-hydrogen) atoms. The Balaban J connectivity index is 2.12. The standard InChI is InChI=1S/C23H30O3/c1-16(2)8-7-9-17(3)12-13-25-18-10-11-19-20(23(4,5)6)15-22(24)26-21(19)14-18/h8,10-12,14-15H,7,9,13H2,1-6H3/b17-12-. The Morgan fingerprint density at radius 1 is 1.12 bits per heavy atom. The molecule has 0 unspecified atom stereocenters. The average molecular weight is 354 g/mol. The highest BCUT2D eigenvalue weighted by Gasteiger charge is 2.19. The van der Waals surface area contributed by atoms with Gasteiger partial charge < -0.3 is 9.15 Å². The Bertz CT molecular complexity index is 872. The molecule has 3 nitrogen and oxygen atoms in total. The molecule has 0 fully saturated rings. The molecule has 2 aromatic rings. The summed E-state index contributed by atoms with van der Waals surface area (Å²) in [6, 6.07) is 7.29. The molecule has 0 saturated carbocycles. The van der Waals surface area contributed by atoms with Crippen molar-refractivity contribution in [1.29, 1.82) is 0 Å². The molecule has 1 aromatic carbocycles. The summed E-state index contributed by atoms with van der Waals surface area (Å²) in [5.41, 5.74) is 3.78. The van der Waals surface area contributed by atoms with E-state index < -0.39 is 0 Å². The van der Waals surface area contributed by atoms with Gasteiger partial charge in [0, 0.05) is 17.5 Å².